The minimum Gasteiger partial charge on any atom is -0.373 e. The molecule has 0 unspecified atom stereocenters. The molecule has 1 nitrogen and oxygen atoms in total. The van der Waals surface area contributed by atoms with Crippen molar-refractivity contribution in [2.75, 3.05) is 6.61 Å². The van der Waals surface area contributed by atoms with Crippen LogP contribution in [-0.2, 0) is 4.74 Å². The fraction of sp³-hybridized carbons (Fsp3) is 0.923. The monoisotopic (exact) mass is 198 g/mol. The van der Waals surface area contributed by atoms with Gasteiger partial charge >= 0.3 is 0 Å². The molecule has 14 heavy (non-hydrogen) atoms. The summed E-state index contributed by atoms with van der Waals surface area (Å²) in [5.41, 5.74) is 0. The van der Waals surface area contributed by atoms with Gasteiger partial charge in [0.15, 0.2) is 0 Å². The van der Waals surface area contributed by atoms with Gasteiger partial charge in [-0.1, -0.05) is 64.7 Å². The molecule has 0 saturated carbocycles. The molecule has 84 valence electrons. The van der Waals surface area contributed by atoms with E-state index < -0.39 is 0 Å². The van der Waals surface area contributed by atoms with Crippen LogP contribution in [0.25, 0.3) is 0 Å². The first-order valence-electron chi connectivity index (χ1n) is 6.23. The first-order valence-corrected chi connectivity index (χ1v) is 6.23. The van der Waals surface area contributed by atoms with E-state index in [-0.39, 0.29) is 0 Å². The molecule has 1 heteroatoms. The molecular weight excluding hydrogens is 172 g/mol. The first kappa shape index (κ1) is 14.0. The lowest BCUT2D eigenvalue weighted by Gasteiger charge is -2.01. The summed E-state index contributed by atoms with van der Waals surface area (Å²) < 4.78 is 4.51. The SMILES string of the molecule is [CH]OCCCCCCCCCCCC. The Morgan fingerprint density at radius 2 is 1.14 bits per heavy atom. The maximum absolute atomic E-state index is 4.94. The first-order chi connectivity index (χ1) is 6.91. The lowest BCUT2D eigenvalue weighted by Crippen LogP contribution is -1.87. The van der Waals surface area contributed by atoms with E-state index in [2.05, 4.69) is 11.7 Å². The third kappa shape index (κ3) is 12.0. The van der Waals surface area contributed by atoms with Crippen LogP contribution < -0.4 is 0 Å². The zero-order valence-electron chi connectivity index (χ0n) is 9.76. The lowest BCUT2D eigenvalue weighted by molar-refractivity contribution is 0.233. The van der Waals surface area contributed by atoms with Crippen LogP contribution in [0.5, 0.6) is 0 Å². The number of unbranched alkanes of at least 4 members (excludes halogenated alkanes) is 9. The minimum atomic E-state index is 0.719. The van der Waals surface area contributed by atoms with E-state index in [9.17, 15) is 0 Å². The van der Waals surface area contributed by atoms with Crippen LogP contribution in [0.15, 0.2) is 0 Å². The Labute approximate surface area is 90.2 Å². The Morgan fingerprint density at radius 3 is 1.57 bits per heavy atom. The van der Waals surface area contributed by atoms with Gasteiger partial charge in [-0.15, -0.1) is 0 Å². The standard InChI is InChI=1S/C13H26O/c1-3-4-5-6-7-8-9-10-11-12-13-14-2/h2H,3-13H2,1H3. The van der Waals surface area contributed by atoms with Crippen LogP contribution in [0.4, 0.5) is 0 Å². The molecule has 2 radical (unpaired) electrons. The van der Waals surface area contributed by atoms with Gasteiger partial charge in [0.25, 0.3) is 0 Å². The third-order valence-electron chi connectivity index (χ3n) is 2.62. The molecule has 0 amide bonds. The average Bonchev–Trinajstić information content (AvgIpc) is 2.21. The highest BCUT2D eigenvalue weighted by atomic mass is 16.5. The predicted molar refractivity (Wildman–Crippen MR) is 62.1 cm³/mol. The molecule has 0 rings (SSSR count). The van der Waals surface area contributed by atoms with Gasteiger partial charge in [-0.25, -0.2) is 0 Å². The van der Waals surface area contributed by atoms with Crippen LogP contribution in [0.2, 0.25) is 0 Å². The van der Waals surface area contributed by atoms with Gasteiger partial charge in [0, 0.05) is 6.61 Å². The molecule has 0 bridgehead atoms. The number of hydrogen-bond acceptors (Lipinski definition) is 1. The Kier molecular flexibility index (Phi) is 12.9. The molecule has 0 aromatic heterocycles. The predicted octanol–water partition coefficient (Wildman–Crippen LogP) is 4.59. The summed E-state index contributed by atoms with van der Waals surface area (Å²) >= 11 is 0. The average molecular weight is 198 g/mol. The van der Waals surface area contributed by atoms with Gasteiger partial charge in [-0.2, -0.15) is 0 Å². The summed E-state index contributed by atoms with van der Waals surface area (Å²) in [6.45, 7) is 2.98. The number of ether oxygens (including phenoxy) is 1. The second-order valence-electron chi connectivity index (χ2n) is 4.05. The van der Waals surface area contributed by atoms with Gasteiger partial charge in [0.1, 0.15) is 7.11 Å². The summed E-state index contributed by atoms with van der Waals surface area (Å²) in [6.07, 6.45) is 13.6. The van der Waals surface area contributed by atoms with E-state index in [4.69, 9.17) is 7.11 Å². The van der Waals surface area contributed by atoms with E-state index in [0.717, 1.165) is 13.0 Å². The largest absolute Gasteiger partial charge is 0.373 e. The van der Waals surface area contributed by atoms with Crippen LogP contribution in [-0.4, -0.2) is 6.61 Å². The van der Waals surface area contributed by atoms with E-state index in [1.807, 2.05) is 0 Å². The molecule has 0 aliphatic heterocycles. The molecule has 0 aliphatic carbocycles. The Balaban J connectivity index is 2.78. The molecule has 0 heterocycles. The van der Waals surface area contributed by atoms with Crippen molar-refractivity contribution in [3.8, 4) is 0 Å². The lowest BCUT2D eigenvalue weighted by atomic mass is 10.1. The Morgan fingerprint density at radius 1 is 0.714 bits per heavy atom. The van der Waals surface area contributed by atoms with Gasteiger partial charge in [0.05, 0.1) is 0 Å². The zero-order chi connectivity index (χ0) is 10.5. The van der Waals surface area contributed by atoms with Crippen LogP contribution >= 0.6 is 0 Å². The number of rotatable bonds is 11. The zero-order valence-corrected chi connectivity index (χ0v) is 9.76. The van der Waals surface area contributed by atoms with Crippen molar-refractivity contribution in [3.05, 3.63) is 7.11 Å². The highest BCUT2D eigenvalue weighted by Crippen LogP contribution is 2.10. The summed E-state index contributed by atoms with van der Waals surface area (Å²) in [7, 11) is 4.94. The second kappa shape index (κ2) is 13.0. The maximum atomic E-state index is 4.94. The Bertz CT molecular complexity index is 79.2. The van der Waals surface area contributed by atoms with E-state index in [0.29, 0.717) is 0 Å². The van der Waals surface area contributed by atoms with E-state index >= 15 is 0 Å². The molecule has 0 N–H and O–H groups in total. The minimum absolute atomic E-state index is 0.719. The molecule has 0 aliphatic rings. The molecule has 0 saturated heterocycles. The number of hydrogen-bond donors (Lipinski definition) is 0. The molecule has 0 aromatic carbocycles. The fourth-order valence-corrected chi connectivity index (χ4v) is 1.67. The molecular formula is C13H26O. The van der Waals surface area contributed by atoms with Gasteiger partial charge in [-0.05, 0) is 6.42 Å². The topological polar surface area (TPSA) is 9.23 Å². The highest BCUT2D eigenvalue weighted by Gasteiger charge is 1.91. The van der Waals surface area contributed by atoms with E-state index in [1.54, 1.807) is 0 Å². The van der Waals surface area contributed by atoms with Crippen molar-refractivity contribution in [1.29, 1.82) is 0 Å². The highest BCUT2D eigenvalue weighted by molar-refractivity contribution is 4.47. The molecule has 0 spiro atoms. The normalized spacial score (nSPS) is 10.7. The van der Waals surface area contributed by atoms with Gasteiger partial charge < -0.3 is 4.74 Å². The van der Waals surface area contributed by atoms with Crippen molar-refractivity contribution >= 4 is 0 Å². The summed E-state index contributed by atoms with van der Waals surface area (Å²) in [4.78, 5) is 0. The summed E-state index contributed by atoms with van der Waals surface area (Å²) in [5.74, 6) is 0. The van der Waals surface area contributed by atoms with Crippen molar-refractivity contribution in [1.82, 2.24) is 0 Å². The quantitative estimate of drug-likeness (QED) is 0.441. The van der Waals surface area contributed by atoms with Crippen LogP contribution in [0.3, 0.4) is 0 Å². The summed E-state index contributed by atoms with van der Waals surface area (Å²) in [6, 6.07) is 0. The molecule has 0 aromatic rings. The maximum Gasteiger partial charge on any atom is 0.115 e. The Hall–Kier alpha value is -0.0400. The fourth-order valence-electron chi connectivity index (χ4n) is 1.67. The van der Waals surface area contributed by atoms with Crippen molar-refractivity contribution in [3.63, 3.8) is 0 Å². The molecule has 0 fully saturated rings. The third-order valence-corrected chi connectivity index (χ3v) is 2.62. The molecule has 0 atom stereocenters. The van der Waals surface area contributed by atoms with Crippen molar-refractivity contribution < 1.29 is 4.74 Å². The van der Waals surface area contributed by atoms with Crippen molar-refractivity contribution in [2.24, 2.45) is 0 Å². The van der Waals surface area contributed by atoms with Crippen molar-refractivity contribution in [2.45, 2.75) is 71.1 Å². The van der Waals surface area contributed by atoms with Gasteiger partial charge in [-0.3, -0.25) is 0 Å². The summed E-state index contributed by atoms with van der Waals surface area (Å²) in [5, 5.41) is 0. The second-order valence-corrected chi connectivity index (χ2v) is 4.05. The van der Waals surface area contributed by atoms with Gasteiger partial charge in [0.2, 0.25) is 0 Å². The van der Waals surface area contributed by atoms with Crippen LogP contribution in [0, 0.1) is 7.11 Å². The van der Waals surface area contributed by atoms with E-state index in [1.165, 1.54) is 57.8 Å². The smallest absolute Gasteiger partial charge is 0.115 e. The van der Waals surface area contributed by atoms with Crippen LogP contribution in [0.1, 0.15) is 71.1 Å².